The van der Waals surface area contributed by atoms with Crippen LogP contribution in [0, 0.1) is 5.41 Å². The third-order valence-electron chi connectivity index (χ3n) is 3.94. The fraction of sp³-hybridized carbons (Fsp3) is 0.750. The zero-order valence-electron chi connectivity index (χ0n) is 11.2. The van der Waals surface area contributed by atoms with Gasteiger partial charge in [-0.15, -0.1) is 0 Å². The molecule has 6 nitrogen and oxygen atoms in total. The minimum Gasteiger partial charge on any atom is -0.396 e. The van der Waals surface area contributed by atoms with E-state index >= 15 is 0 Å². The van der Waals surface area contributed by atoms with Crippen molar-refractivity contribution in [2.24, 2.45) is 12.5 Å². The highest BCUT2D eigenvalue weighted by atomic mass is 32.2. The van der Waals surface area contributed by atoms with Gasteiger partial charge in [-0.1, -0.05) is 19.3 Å². The van der Waals surface area contributed by atoms with Gasteiger partial charge >= 0.3 is 0 Å². The maximum Gasteiger partial charge on any atom is 0.257 e. The minimum absolute atomic E-state index is 0.0287. The average molecular weight is 287 g/mol. The molecule has 0 aliphatic heterocycles. The van der Waals surface area contributed by atoms with E-state index in [1.54, 1.807) is 7.05 Å². The van der Waals surface area contributed by atoms with Crippen LogP contribution in [0.5, 0.6) is 0 Å². The molecule has 108 valence electrons. The standard InChI is InChI=1S/C12H21N3O3S/c1-15-11(5-8-13-15)19(17,18)14-9-12(10-16)6-3-2-4-7-12/h5,8,14,16H,2-4,6-7,9-10H2,1H3. The molecule has 1 fully saturated rings. The summed E-state index contributed by atoms with van der Waals surface area (Å²) in [4.78, 5) is 0. The van der Waals surface area contributed by atoms with Crippen molar-refractivity contribution >= 4 is 10.0 Å². The zero-order valence-corrected chi connectivity index (χ0v) is 12.0. The number of aliphatic hydroxyl groups is 1. The SMILES string of the molecule is Cn1nccc1S(=O)(=O)NCC1(CO)CCCCC1. The Labute approximate surface area is 113 Å². The molecule has 0 saturated heterocycles. The Morgan fingerprint density at radius 3 is 2.63 bits per heavy atom. The lowest BCUT2D eigenvalue weighted by Gasteiger charge is -2.35. The molecular weight excluding hydrogens is 266 g/mol. The smallest absolute Gasteiger partial charge is 0.257 e. The topological polar surface area (TPSA) is 84.2 Å². The molecule has 0 aromatic carbocycles. The van der Waals surface area contributed by atoms with E-state index in [-0.39, 0.29) is 23.6 Å². The van der Waals surface area contributed by atoms with Gasteiger partial charge in [0.15, 0.2) is 5.03 Å². The molecule has 0 bridgehead atoms. The molecular formula is C12H21N3O3S. The lowest BCUT2D eigenvalue weighted by Crippen LogP contribution is -2.41. The Hall–Kier alpha value is -0.920. The van der Waals surface area contributed by atoms with E-state index in [1.807, 2.05) is 0 Å². The van der Waals surface area contributed by atoms with Crippen molar-refractivity contribution in [3.05, 3.63) is 12.3 Å². The summed E-state index contributed by atoms with van der Waals surface area (Å²) in [6.45, 7) is 0.317. The lowest BCUT2D eigenvalue weighted by molar-refractivity contribution is 0.0867. The van der Waals surface area contributed by atoms with E-state index in [4.69, 9.17) is 0 Å². The van der Waals surface area contributed by atoms with Crippen molar-refractivity contribution in [1.29, 1.82) is 0 Å². The van der Waals surface area contributed by atoms with E-state index in [0.29, 0.717) is 0 Å². The van der Waals surface area contributed by atoms with E-state index in [9.17, 15) is 13.5 Å². The highest BCUT2D eigenvalue weighted by molar-refractivity contribution is 7.89. The van der Waals surface area contributed by atoms with Gasteiger partial charge in [0, 0.05) is 25.6 Å². The Balaban J connectivity index is 2.07. The molecule has 2 rings (SSSR count). The zero-order chi connectivity index (χ0) is 13.9. The maximum absolute atomic E-state index is 12.2. The molecule has 1 heterocycles. The Bertz CT molecular complexity index is 518. The summed E-state index contributed by atoms with van der Waals surface area (Å²) >= 11 is 0. The van der Waals surface area contributed by atoms with Crippen LogP contribution in [-0.4, -0.2) is 36.5 Å². The van der Waals surface area contributed by atoms with Crippen molar-refractivity contribution in [2.45, 2.75) is 37.1 Å². The first-order valence-electron chi connectivity index (χ1n) is 6.58. The van der Waals surface area contributed by atoms with Crippen molar-refractivity contribution in [3.63, 3.8) is 0 Å². The minimum atomic E-state index is -3.56. The summed E-state index contributed by atoms with van der Waals surface area (Å²) in [7, 11) is -1.96. The normalized spacial score (nSPS) is 19.5. The number of nitrogens with zero attached hydrogens (tertiary/aromatic N) is 2. The summed E-state index contributed by atoms with van der Waals surface area (Å²) < 4.78 is 28.3. The summed E-state index contributed by atoms with van der Waals surface area (Å²) in [6, 6.07) is 1.47. The fourth-order valence-corrected chi connectivity index (χ4v) is 3.92. The van der Waals surface area contributed by atoms with E-state index in [1.165, 1.54) is 16.9 Å². The van der Waals surface area contributed by atoms with Gasteiger partial charge in [-0.25, -0.2) is 13.1 Å². The number of aliphatic hydroxyl groups excluding tert-OH is 1. The number of rotatable bonds is 5. The number of hydrogen-bond donors (Lipinski definition) is 2. The molecule has 1 saturated carbocycles. The van der Waals surface area contributed by atoms with Crippen molar-refractivity contribution in [3.8, 4) is 0 Å². The Morgan fingerprint density at radius 2 is 2.11 bits per heavy atom. The maximum atomic E-state index is 12.2. The number of sulfonamides is 1. The molecule has 2 N–H and O–H groups in total. The van der Waals surface area contributed by atoms with Crippen LogP contribution in [-0.2, 0) is 17.1 Å². The van der Waals surface area contributed by atoms with Crippen LogP contribution in [0.4, 0.5) is 0 Å². The number of aryl methyl sites for hydroxylation is 1. The molecule has 1 aromatic rings. The predicted molar refractivity (Wildman–Crippen MR) is 71.0 cm³/mol. The third kappa shape index (κ3) is 3.16. The quantitative estimate of drug-likeness (QED) is 0.832. The fourth-order valence-electron chi connectivity index (χ4n) is 2.64. The molecule has 1 aromatic heterocycles. The van der Waals surface area contributed by atoms with Crippen LogP contribution >= 0.6 is 0 Å². The first-order chi connectivity index (χ1) is 8.99. The van der Waals surface area contributed by atoms with Crippen molar-refractivity contribution in [1.82, 2.24) is 14.5 Å². The monoisotopic (exact) mass is 287 g/mol. The number of aromatic nitrogens is 2. The van der Waals surface area contributed by atoms with Gasteiger partial charge in [0.1, 0.15) is 0 Å². The van der Waals surface area contributed by atoms with Crippen LogP contribution < -0.4 is 4.72 Å². The first-order valence-corrected chi connectivity index (χ1v) is 8.06. The van der Waals surface area contributed by atoms with Gasteiger partial charge in [0.05, 0.1) is 6.20 Å². The molecule has 7 heteroatoms. The molecule has 0 spiro atoms. The van der Waals surface area contributed by atoms with E-state index in [0.717, 1.165) is 32.1 Å². The highest BCUT2D eigenvalue weighted by Gasteiger charge is 2.33. The Morgan fingerprint density at radius 1 is 1.42 bits per heavy atom. The van der Waals surface area contributed by atoms with Gasteiger partial charge in [0.2, 0.25) is 0 Å². The van der Waals surface area contributed by atoms with Crippen molar-refractivity contribution < 1.29 is 13.5 Å². The molecule has 0 unspecified atom stereocenters. The van der Waals surface area contributed by atoms with E-state index in [2.05, 4.69) is 9.82 Å². The van der Waals surface area contributed by atoms with Crippen molar-refractivity contribution in [2.75, 3.05) is 13.2 Å². The van der Waals surface area contributed by atoms with Crippen LogP contribution in [0.15, 0.2) is 17.3 Å². The summed E-state index contributed by atoms with van der Waals surface area (Å²) in [6.07, 6.45) is 6.46. The van der Waals surface area contributed by atoms with Crippen LogP contribution in [0.1, 0.15) is 32.1 Å². The third-order valence-corrected chi connectivity index (χ3v) is 5.41. The second-order valence-electron chi connectivity index (χ2n) is 5.34. The summed E-state index contributed by atoms with van der Waals surface area (Å²) in [5.41, 5.74) is -0.302. The molecule has 1 aliphatic carbocycles. The second kappa shape index (κ2) is 5.60. The predicted octanol–water partition coefficient (Wildman–Crippen LogP) is 0.641. The number of hydrogen-bond acceptors (Lipinski definition) is 4. The highest BCUT2D eigenvalue weighted by Crippen LogP contribution is 2.35. The van der Waals surface area contributed by atoms with Crippen LogP contribution in [0.2, 0.25) is 0 Å². The number of nitrogens with one attached hydrogen (secondary N) is 1. The molecule has 19 heavy (non-hydrogen) atoms. The average Bonchev–Trinajstić information content (AvgIpc) is 2.85. The first kappa shape index (κ1) is 14.5. The van der Waals surface area contributed by atoms with Gasteiger partial charge in [-0.3, -0.25) is 4.68 Å². The van der Waals surface area contributed by atoms with Gasteiger partial charge in [-0.2, -0.15) is 5.10 Å². The van der Waals surface area contributed by atoms with E-state index < -0.39 is 10.0 Å². The molecule has 0 amide bonds. The molecule has 0 radical (unpaired) electrons. The lowest BCUT2D eigenvalue weighted by atomic mass is 9.75. The largest absolute Gasteiger partial charge is 0.396 e. The molecule has 1 aliphatic rings. The molecule has 0 atom stereocenters. The Kier molecular flexibility index (Phi) is 4.27. The second-order valence-corrected chi connectivity index (χ2v) is 7.05. The van der Waals surface area contributed by atoms with Gasteiger partial charge < -0.3 is 5.11 Å². The van der Waals surface area contributed by atoms with Crippen LogP contribution in [0.3, 0.4) is 0 Å². The van der Waals surface area contributed by atoms with Crippen LogP contribution in [0.25, 0.3) is 0 Å². The van der Waals surface area contributed by atoms with Gasteiger partial charge in [0.25, 0.3) is 10.0 Å². The summed E-state index contributed by atoms with van der Waals surface area (Å²) in [5.74, 6) is 0. The summed E-state index contributed by atoms with van der Waals surface area (Å²) in [5, 5.41) is 13.6. The van der Waals surface area contributed by atoms with Gasteiger partial charge in [-0.05, 0) is 18.9 Å².